The van der Waals surface area contributed by atoms with Gasteiger partial charge in [-0.2, -0.15) is 0 Å². The van der Waals surface area contributed by atoms with Crippen LogP contribution in [-0.4, -0.2) is 82.7 Å². The number of likely N-dealkylation sites (tertiary alicyclic amines) is 1. The first kappa shape index (κ1) is 23.5. The quantitative estimate of drug-likeness (QED) is 0.704. The molecule has 34 heavy (non-hydrogen) atoms. The number of hydrogen-bond donors (Lipinski definition) is 1. The number of aliphatic hydroxyl groups is 1. The summed E-state index contributed by atoms with van der Waals surface area (Å²) in [6.07, 6.45) is 5.16. The van der Waals surface area contributed by atoms with Gasteiger partial charge in [-0.25, -0.2) is 9.97 Å². The second kappa shape index (κ2) is 10.2. The summed E-state index contributed by atoms with van der Waals surface area (Å²) < 4.78 is 0. The fourth-order valence-corrected chi connectivity index (χ4v) is 5.74. The predicted octanol–water partition coefficient (Wildman–Crippen LogP) is 3.07. The molecule has 182 valence electrons. The topological polar surface area (TPSA) is 72.8 Å². The van der Waals surface area contributed by atoms with Gasteiger partial charge in [0.15, 0.2) is 0 Å². The molecule has 3 heterocycles. The van der Waals surface area contributed by atoms with Gasteiger partial charge in [-0.1, -0.05) is 30.7 Å². The van der Waals surface area contributed by atoms with E-state index >= 15 is 0 Å². The summed E-state index contributed by atoms with van der Waals surface area (Å²) in [6, 6.07) is 7.69. The van der Waals surface area contributed by atoms with E-state index in [0.29, 0.717) is 30.6 Å². The monoisotopic (exact) mass is 483 g/mol. The van der Waals surface area contributed by atoms with Gasteiger partial charge in [-0.3, -0.25) is 4.79 Å². The number of carbonyl (C=O) groups excluding carboxylic acids is 1. The number of aliphatic hydroxyl groups excluding tert-OH is 1. The van der Waals surface area contributed by atoms with E-state index in [1.54, 1.807) is 6.33 Å². The standard InChI is InChI=1S/C26H34ClN5O2/c1-18-2-7-23-24(18)25(29-17-28-23)31-12-14-32(15-13-31)26(34)22(19-3-5-20(27)6-4-19)16-30-10-8-21(33)9-11-30/h3-6,17-18,21-22,33H,2,7-16H2,1H3/t18-,22+/m1/s1. The van der Waals surface area contributed by atoms with Crippen molar-refractivity contribution in [1.82, 2.24) is 19.8 Å². The molecule has 3 aliphatic rings. The number of aromatic nitrogens is 2. The van der Waals surface area contributed by atoms with Crippen molar-refractivity contribution in [2.24, 2.45) is 0 Å². The van der Waals surface area contributed by atoms with Crippen LogP contribution in [0.5, 0.6) is 0 Å². The number of carbonyl (C=O) groups is 1. The van der Waals surface area contributed by atoms with Crippen LogP contribution in [0, 0.1) is 0 Å². The van der Waals surface area contributed by atoms with Crippen molar-refractivity contribution in [3.05, 3.63) is 52.4 Å². The summed E-state index contributed by atoms with van der Waals surface area (Å²) in [6.45, 7) is 7.52. The third-order valence-electron chi connectivity index (χ3n) is 7.71. The minimum absolute atomic E-state index is 0.175. The molecule has 7 nitrogen and oxygen atoms in total. The summed E-state index contributed by atoms with van der Waals surface area (Å²) in [5, 5.41) is 10.6. The summed E-state index contributed by atoms with van der Waals surface area (Å²) in [5.74, 6) is 1.49. The van der Waals surface area contributed by atoms with Crippen molar-refractivity contribution in [2.75, 3.05) is 50.7 Å². The summed E-state index contributed by atoms with van der Waals surface area (Å²) >= 11 is 6.13. The minimum Gasteiger partial charge on any atom is -0.393 e. The van der Waals surface area contributed by atoms with Gasteiger partial charge in [0.1, 0.15) is 12.1 Å². The second-order valence-electron chi connectivity index (χ2n) is 9.95. The average molecular weight is 484 g/mol. The lowest BCUT2D eigenvalue weighted by Crippen LogP contribution is -2.52. The van der Waals surface area contributed by atoms with Gasteiger partial charge in [-0.15, -0.1) is 0 Å². The lowest BCUT2D eigenvalue weighted by Gasteiger charge is -2.39. The highest BCUT2D eigenvalue weighted by Gasteiger charge is 2.33. The summed E-state index contributed by atoms with van der Waals surface area (Å²) in [5.41, 5.74) is 3.49. The zero-order chi connectivity index (χ0) is 23.7. The van der Waals surface area contributed by atoms with Crippen molar-refractivity contribution < 1.29 is 9.90 Å². The van der Waals surface area contributed by atoms with Crippen LogP contribution in [0.15, 0.2) is 30.6 Å². The van der Waals surface area contributed by atoms with Crippen molar-refractivity contribution in [3.8, 4) is 0 Å². The van der Waals surface area contributed by atoms with Gasteiger partial charge in [0.2, 0.25) is 5.91 Å². The zero-order valence-electron chi connectivity index (χ0n) is 19.9. The Kier molecular flexibility index (Phi) is 7.04. The van der Waals surface area contributed by atoms with Gasteiger partial charge in [0, 0.05) is 62.1 Å². The highest BCUT2D eigenvalue weighted by atomic mass is 35.5. The Morgan fingerprint density at radius 2 is 1.76 bits per heavy atom. The molecule has 2 fully saturated rings. The Labute approximate surface area is 206 Å². The molecule has 1 N–H and O–H groups in total. The third kappa shape index (κ3) is 4.92. The van der Waals surface area contributed by atoms with E-state index in [-0.39, 0.29) is 17.9 Å². The Morgan fingerprint density at radius 1 is 1.06 bits per heavy atom. The number of fused-ring (bicyclic) bond motifs is 1. The Bertz CT molecular complexity index is 1000. The van der Waals surface area contributed by atoms with Crippen LogP contribution in [-0.2, 0) is 11.2 Å². The van der Waals surface area contributed by atoms with E-state index in [1.807, 2.05) is 29.2 Å². The van der Waals surface area contributed by atoms with Crippen LogP contribution in [0.1, 0.15) is 54.8 Å². The highest BCUT2D eigenvalue weighted by molar-refractivity contribution is 6.30. The molecule has 8 heteroatoms. The molecule has 0 saturated carbocycles. The maximum atomic E-state index is 13.8. The van der Waals surface area contributed by atoms with E-state index in [2.05, 4.69) is 26.7 Å². The number of halogens is 1. The number of nitrogens with zero attached hydrogens (tertiary/aromatic N) is 5. The lowest BCUT2D eigenvalue weighted by molar-refractivity contribution is -0.133. The molecule has 0 unspecified atom stereocenters. The molecular formula is C26H34ClN5O2. The largest absolute Gasteiger partial charge is 0.393 e. The minimum atomic E-state index is -0.234. The van der Waals surface area contributed by atoms with E-state index < -0.39 is 0 Å². The molecule has 1 aromatic heterocycles. The smallest absolute Gasteiger partial charge is 0.231 e. The van der Waals surface area contributed by atoms with E-state index in [9.17, 15) is 9.90 Å². The second-order valence-corrected chi connectivity index (χ2v) is 10.4. The van der Waals surface area contributed by atoms with Gasteiger partial charge >= 0.3 is 0 Å². The summed E-state index contributed by atoms with van der Waals surface area (Å²) in [4.78, 5) is 29.6. The molecule has 2 aliphatic heterocycles. The van der Waals surface area contributed by atoms with E-state index in [1.165, 1.54) is 11.3 Å². The molecule has 1 aromatic carbocycles. The van der Waals surface area contributed by atoms with Crippen LogP contribution in [0.4, 0.5) is 5.82 Å². The van der Waals surface area contributed by atoms with Crippen LogP contribution >= 0.6 is 11.6 Å². The van der Waals surface area contributed by atoms with Crippen molar-refractivity contribution >= 4 is 23.3 Å². The van der Waals surface area contributed by atoms with Gasteiger partial charge in [0.05, 0.1) is 12.0 Å². The van der Waals surface area contributed by atoms with E-state index in [0.717, 1.165) is 63.2 Å². The number of aryl methyl sites for hydroxylation is 1. The molecular weight excluding hydrogens is 450 g/mol. The highest BCUT2D eigenvalue weighted by Crippen LogP contribution is 2.37. The number of piperazine rings is 1. The number of benzene rings is 1. The normalized spacial score (nSPS) is 22.6. The van der Waals surface area contributed by atoms with Crippen molar-refractivity contribution in [1.29, 1.82) is 0 Å². The number of anilines is 1. The maximum absolute atomic E-state index is 13.8. The number of hydrogen-bond acceptors (Lipinski definition) is 6. The molecule has 2 aromatic rings. The van der Waals surface area contributed by atoms with E-state index in [4.69, 9.17) is 11.6 Å². The first-order chi connectivity index (χ1) is 16.5. The Hall–Kier alpha value is -2.22. The van der Waals surface area contributed by atoms with Crippen molar-refractivity contribution in [3.63, 3.8) is 0 Å². The lowest BCUT2D eigenvalue weighted by atomic mass is 9.95. The number of amides is 1. The van der Waals surface area contributed by atoms with Crippen LogP contribution < -0.4 is 4.90 Å². The van der Waals surface area contributed by atoms with Crippen LogP contribution in [0.25, 0.3) is 0 Å². The molecule has 2 saturated heterocycles. The first-order valence-electron chi connectivity index (χ1n) is 12.5. The van der Waals surface area contributed by atoms with Crippen LogP contribution in [0.3, 0.4) is 0 Å². The molecule has 2 atom stereocenters. The maximum Gasteiger partial charge on any atom is 0.231 e. The molecule has 1 amide bonds. The van der Waals surface area contributed by atoms with Crippen LogP contribution in [0.2, 0.25) is 5.02 Å². The third-order valence-corrected chi connectivity index (χ3v) is 7.96. The van der Waals surface area contributed by atoms with Gasteiger partial charge < -0.3 is 19.8 Å². The number of piperidine rings is 1. The van der Waals surface area contributed by atoms with Crippen molar-refractivity contribution in [2.45, 2.75) is 50.5 Å². The molecule has 5 rings (SSSR count). The number of rotatable bonds is 5. The zero-order valence-corrected chi connectivity index (χ0v) is 20.6. The Morgan fingerprint density at radius 3 is 2.47 bits per heavy atom. The molecule has 1 aliphatic carbocycles. The van der Waals surface area contributed by atoms with Gasteiger partial charge in [-0.05, 0) is 49.3 Å². The Balaban J connectivity index is 1.29. The first-order valence-corrected chi connectivity index (χ1v) is 12.9. The van der Waals surface area contributed by atoms with Gasteiger partial charge in [0.25, 0.3) is 0 Å². The SMILES string of the molecule is C[C@@H]1CCc2ncnc(N3CCN(C(=O)[C@@H](CN4CCC(O)CC4)c4ccc(Cl)cc4)CC3)c21. The molecule has 0 spiro atoms. The summed E-state index contributed by atoms with van der Waals surface area (Å²) in [7, 11) is 0. The molecule has 0 radical (unpaired) electrons. The average Bonchev–Trinajstić information content (AvgIpc) is 3.25. The fraction of sp³-hybridized carbons (Fsp3) is 0.577. The fourth-order valence-electron chi connectivity index (χ4n) is 5.62. The predicted molar refractivity (Wildman–Crippen MR) is 133 cm³/mol. The molecule has 0 bridgehead atoms.